The monoisotopic (exact) mass is 206 g/mol. The van der Waals surface area contributed by atoms with Crippen LogP contribution in [0.25, 0.3) is 0 Å². The molecule has 2 rings (SSSR count). The molecule has 0 radical (unpaired) electrons. The molecule has 1 atom stereocenters. The van der Waals surface area contributed by atoms with Gasteiger partial charge < -0.3 is 15.8 Å². The van der Waals surface area contributed by atoms with Crippen LogP contribution >= 0.6 is 0 Å². The smallest absolute Gasteiger partial charge is 0.312 e. The molecule has 0 saturated heterocycles. The highest BCUT2D eigenvalue weighted by Gasteiger charge is 2.28. The molecule has 2 amide bonds. The molecule has 0 aliphatic carbocycles. The number of carbonyl (C=O) groups is 2. The fourth-order valence-electron chi connectivity index (χ4n) is 1.51. The number of nitrogens with one attached hydrogen (secondary N) is 1. The lowest BCUT2D eigenvalue weighted by atomic mass is 10.0. The van der Waals surface area contributed by atoms with E-state index in [0.717, 1.165) is 0 Å². The van der Waals surface area contributed by atoms with Gasteiger partial charge in [0.25, 0.3) is 0 Å². The topological polar surface area (TPSA) is 81.4 Å². The van der Waals surface area contributed by atoms with Crippen molar-refractivity contribution >= 4 is 11.8 Å². The minimum Gasteiger partial charge on any atom is -0.490 e. The number of urea groups is 1. The van der Waals surface area contributed by atoms with Gasteiger partial charge in [0, 0.05) is 0 Å². The average molecular weight is 206 g/mol. The highest BCUT2D eigenvalue weighted by atomic mass is 16.5. The van der Waals surface area contributed by atoms with E-state index in [2.05, 4.69) is 5.32 Å². The third-order valence-corrected chi connectivity index (χ3v) is 2.19. The number of ether oxygens (including phenoxy) is 1. The Bertz CT molecular complexity index is 417. The van der Waals surface area contributed by atoms with Crippen LogP contribution in [0.4, 0.5) is 4.79 Å². The van der Waals surface area contributed by atoms with Crippen molar-refractivity contribution in [1.82, 2.24) is 5.32 Å². The van der Waals surface area contributed by atoms with Crippen LogP contribution < -0.4 is 15.8 Å². The summed E-state index contributed by atoms with van der Waals surface area (Å²) in [7, 11) is 0. The van der Waals surface area contributed by atoms with Gasteiger partial charge in [-0.05, 0) is 12.1 Å². The second-order valence-corrected chi connectivity index (χ2v) is 3.23. The maximum absolute atomic E-state index is 11.8. The van der Waals surface area contributed by atoms with Crippen LogP contribution in [0.2, 0.25) is 0 Å². The molecule has 3 N–H and O–H groups in total. The molecule has 1 aromatic rings. The zero-order chi connectivity index (χ0) is 10.8. The Morgan fingerprint density at radius 2 is 2.20 bits per heavy atom. The highest BCUT2D eigenvalue weighted by molar-refractivity contribution is 6.04. The van der Waals surface area contributed by atoms with E-state index in [1.165, 1.54) is 0 Å². The van der Waals surface area contributed by atoms with Crippen LogP contribution in [0.1, 0.15) is 10.4 Å². The van der Waals surface area contributed by atoms with Crippen molar-refractivity contribution < 1.29 is 14.3 Å². The van der Waals surface area contributed by atoms with Crippen LogP contribution in [-0.4, -0.2) is 24.5 Å². The lowest BCUT2D eigenvalue weighted by molar-refractivity contribution is 0.0877. The predicted molar refractivity (Wildman–Crippen MR) is 52.8 cm³/mol. The number of ketones is 1. The summed E-state index contributed by atoms with van der Waals surface area (Å²) in [5.41, 5.74) is 5.42. The van der Waals surface area contributed by atoms with Gasteiger partial charge in [0.05, 0.1) is 5.56 Å². The first-order chi connectivity index (χ1) is 7.18. The Hall–Kier alpha value is -2.04. The van der Waals surface area contributed by atoms with Crippen molar-refractivity contribution in [3.63, 3.8) is 0 Å². The van der Waals surface area contributed by atoms with Crippen molar-refractivity contribution in [2.75, 3.05) is 6.61 Å². The first-order valence-electron chi connectivity index (χ1n) is 4.50. The van der Waals surface area contributed by atoms with Crippen LogP contribution in [-0.2, 0) is 0 Å². The minimum absolute atomic E-state index is 0.124. The Balaban J connectivity index is 2.26. The van der Waals surface area contributed by atoms with Crippen molar-refractivity contribution in [2.45, 2.75) is 6.04 Å². The van der Waals surface area contributed by atoms with Crippen molar-refractivity contribution in [3.8, 4) is 5.75 Å². The molecule has 5 nitrogen and oxygen atoms in total. The normalized spacial score (nSPS) is 18.9. The van der Waals surface area contributed by atoms with Crippen molar-refractivity contribution in [2.24, 2.45) is 5.73 Å². The second kappa shape index (κ2) is 3.61. The van der Waals surface area contributed by atoms with Crippen LogP contribution in [0.5, 0.6) is 5.75 Å². The van der Waals surface area contributed by atoms with E-state index in [1.807, 2.05) is 0 Å². The number of rotatable bonds is 1. The first kappa shape index (κ1) is 9.51. The Morgan fingerprint density at radius 1 is 1.47 bits per heavy atom. The maximum atomic E-state index is 11.8. The van der Waals surface area contributed by atoms with E-state index < -0.39 is 12.1 Å². The van der Waals surface area contributed by atoms with Gasteiger partial charge in [0.2, 0.25) is 0 Å². The summed E-state index contributed by atoms with van der Waals surface area (Å²) in [6.07, 6.45) is 0. The number of hydrogen-bond acceptors (Lipinski definition) is 3. The molecule has 1 aromatic carbocycles. The number of nitrogens with two attached hydrogens (primary N) is 1. The number of para-hydroxylation sites is 1. The zero-order valence-electron chi connectivity index (χ0n) is 7.90. The number of amides is 2. The lowest BCUT2D eigenvalue weighted by Crippen LogP contribution is -2.49. The largest absolute Gasteiger partial charge is 0.490 e. The maximum Gasteiger partial charge on any atom is 0.312 e. The van der Waals surface area contributed by atoms with Crippen molar-refractivity contribution in [1.29, 1.82) is 0 Å². The number of Topliss-reactive ketones (excluding diaryl/α,β-unsaturated/α-hetero) is 1. The van der Waals surface area contributed by atoms with Gasteiger partial charge in [0.1, 0.15) is 18.4 Å². The van der Waals surface area contributed by atoms with Gasteiger partial charge in [-0.3, -0.25) is 4.79 Å². The average Bonchev–Trinajstić information content (AvgIpc) is 2.22. The summed E-state index contributed by atoms with van der Waals surface area (Å²) in [5.74, 6) is 0.376. The van der Waals surface area contributed by atoms with Gasteiger partial charge in [-0.15, -0.1) is 0 Å². The fourth-order valence-corrected chi connectivity index (χ4v) is 1.51. The summed E-state index contributed by atoms with van der Waals surface area (Å²) in [6.45, 7) is 0.124. The molecule has 0 aromatic heterocycles. The van der Waals surface area contributed by atoms with Crippen molar-refractivity contribution in [3.05, 3.63) is 29.8 Å². The molecule has 5 heteroatoms. The molecule has 15 heavy (non-hydrogen) atoms. The third kappa shape index (κ3) is 1.76. The molecule has 1 heterocycles. The summed E-state index contributed by atoms with van der Waals surface area (Å²) in [6, 6.07) is 5.50. The molecule has 1 aliphatic heterocycles. The number of benzene rings is 1. The number of carbonyl (C=O) groups excluding carboxylic acids is 2. The third-order valence-electron chi connectivity index (χ3n) is 2.19. The van der Waals surface area contributed by atoms with Crippen LogP contribution in [0.3, 0.4) is 0 Å². The zero-order valence-corrected chi connectivity index (χ0v) is 7.90. The molecule has 78 valence electrons. The predicted octanol–water partition coefficient (Wildman–Crippen LogP) is 0.299. The second-order valence-electron chi connectivity index (χ2n) is 3.23. The van der Waals surface area contributed by atoms with E-state index in [1.54, 1.807) is 24.3 Å². The molecule has 1 aliphatic rings. The van der Waals surface area contributed by atoms with Crippen LogP contribution in [0, 0.1) is 0 Å². The Morgan fingerprint density at radius 3 is 2.93 bits per heavy atom. The summed E-state index contributed by atoms with van der Waals surface area (Å²) < 4.78 is 5.32. The molecule has 0 spiro atoms. The van der Waals surface area contributed by atoms with E-state index in [9.17, 15) is 9.59 Å². The lowest BCUT2D eigenvalue weighted by Gasteiger charge is -2.23. The van der Waals surface area contributed by atoms with Gasteiger partial charge in [-0.1, -0.05) is 12.1 Å². The standard InChI is InChI=1S/C10H10N2O3/c11-10(14)12-7-5-15-8-4-2-1-3-6(8)9(7)13/h1-4,7H,5H2,(H3,11,12,14). The summed E-state index contributed by atoms with van der Waals surface area (Å²) in [5, 5.41) is 2.34. The van der Waals surface area contributed by atoms with E-state index in [-0.39, 0.29) is 12.4 Å². The Kier molecular flexibility index (Phi) is 2.29. The van der Waals surface area contributed by atoms with Gasteiger partial charge in [-0.2, -0.15) is 0 Å². The molecule has 0 bridgehead atoms. The summed E-state index contributed by atoms with van der Waals surface area (Å²) in [4.78, 5) is 22.4. The van der Waals surface area contributed by atoms with E-state index >= 15 is 0 Å². The molecular formula is C10H10N2O3. The Labute approximate surface area is 86.2 Å². The molecular weight excluding hydrogens is 196 g/mol. The van der Waals surface area contributed by atoms with Crippen LogP contribution in [0.15, 0.2) is 24.3 Å². The molecule has 1 unspecified atom stereocenters. The fraction of sp³-hybridized carbons (Fsp3) is 0.200. The highest BCUT2D eigenvalue weighted by Crippen LogP contribution is 2.23. The first-order valence-corrected chi connectivity index (χ1v) is 4.50. The molecule has 0 saturated carbocycles. The summed E-state index contributed by atoms with van der Waals surface area (Å²) >= 11 is 0. The van der Waals surface area contributed by atoms with E-state index in [0.29, 0.717) is 11.3 Å². The van der Waals surface area contributed by atoms with Gasteiger partial charge in [0.15, 0.2) is 5.78 Å². The minimum atomic E-state index is -0.726. The number of primary amides is 1. The van der Waals surface area contributed by atoms with E-state index in [4.69, 9.17) is 10.5 Å². The van der Waals surface area contributed by atoms with Gasteiger partial charge >= 0.3 is 6.03 Å². The number of fused-ring (bicyclic) bond motifs is 1. The molecule has 0 fully saturated rings. The quantitative estimate of drug-likeness (QED) is 0.693. The SMILES string of the molecule is NC(=O)NC1COc2ccccc2C1=O. The number of hydrogen-bond donors (Lipinski definition) is 2. The van der Waals surface area contributed by atoms with Gasteiger partial charge in [-0.25, -0.2) is 4.79 Å².